The van der Waals surface area contributed by atoms with Crippen LogP contribution in [0.1, 0.15) is 23.1 Å². The summed E-state index contributed by atoms with van der Waals surface area (Å²) in [5.41, 5.74) is 8.21. The van der Waals surface area contributed by atoms with Gasteiger partial charge in [-0.05, 0) is 44.5 Å². The number of amides is 2. The predicted molar refractivity (Wildman–Crippen MR) is 139 cm³/mol. The van der Waals surface area contributed by atoms with Crippen LogP contribution in [0, 0.1) is 11.8 Å². The van der Waals surface area contributed by atoms with Gasteiger partial charge >= 0.3 is 0 Å². The Morgan fingerprint density at radius 1 is 1.13 bits per heavy atom. The summed E-state index contributed by atoms with van der Waals surface area (Å²) in [4.78, 5) is 53.6. The number of hydrogen-bond donors (Lipinski definition) is 7. The van der Waals surface area contributed by atoms with Crippen molar-refractivity contribution in [1.82, 2.24) is 10.2 Å². The summed E-state index contributed by atoms with van der Waals surface area (Å²) in [6, 6.07) is 0.546. The maximum absolute atomic E-state index is 14.0. The fraction of sp³-hybridized carbons (Fsp3) is 0.462. The van der Waals surface area contributed by atoms with Crippen LogP contribution in [-0.4, -0.2) is 95.1 Å². The standard InChI is InChI=1S/C26H33N5O8/c1-30(2)14-7-11(8-29-9-15(27)32)20(33)17-12(14)5-10-6-13-19(31(3)4)22(35)18(25(28)38)24(37)26(13,39)23(36)16(10)21(17)34/h7,10,13,19,29,33-34,37,39H,5-6,8-9H2,1-4H3,(H2,27,32)(H2,28,38)/t10?,13?,19-,26-/m0/s1. The number of ketones is 2. The van der Waals surface area contributed by atoms with Gasteiger partial charge in [-0.2, -0.15) is 0 Å². The molecule has 0 heterocycles. The van der Waals surface area contributed by atoms with Crippen molar-refractivity contribution >= 4 is 34.8 Å². The van der Waals surface area contributed by atoms with E-state index in [4.69, 9.17) is 11.5 Å². The van der Waals surface area contributed by atoms with E-state index in [1.54, 1.807) is 39.2 Å². The number of phenolic OH excluding ortho intramolecular Hbond substituents is 1. The van der Waals surface area contributed by atoms with Crippen molar-refractivity contribution in [3.8, 4) is 5.75 Å². The molecule has 13 heteroatoms. The first kappa shape index (κ1) is 28.1. The Morgan fingerprint density at radius 2 is 1.77 bits per heavy atom. The van der Waals surface area contributed by atoms with Crippen LogP contribution in [0.15, 0.2) is 23.0 Å². The zero-order chi connectivity index (χ0) is 29.1. The van der Waals surface area contributed by atoms with Crippen LogP contribution in [0.3, 0.4) is 0 Å². The van der Waals surface area contributed by atoms with E-state index >= 15 is 0 Å². The number of carbonyl (C=O) groups excluding carboxylic acids is 4. The highest BCUT2D eigenvalue weighted by Crippen LogP contribution is 2.54. The first-order valence-electron chi connectivity index (χ1n) is 12.3. The second-order valence-electron chi connectivity index (χ2n) is 10.7. The fourth-order valence-corrected chi connectivity index (χ4v) is 6.20. The van der Waals surface area contributed by atoms with Crippen molar-refractivity contribution in [2.24, 2.45) is 23.3 Å². The molecule has 9 N–H and O–H groups in total. The van der Waals surface area contributed by atoms with E-state index in [9.17, 15) is 39.6 Å². The van der Waals surface area contributed by atoms with Crippen LogP contribution in [0.5, 0.6) is 5.75 Å². The third-order valence-electron chi connectivity index (χ3n) is 7.87. The van der Waals surface area contributed by atoms with Crippen LogP contribution in [0.2, 0.25) is 0 Å². The lowest BCUT2D eigenvalue weighted by Crippen LogP contribution is -2.65. The number of primary amides is 2. The van der Waals surface area contributed by atoms with Crippen molar-refractivity contribution in [3.05, 3.63) is 39.7 Å². The van der Waals surface area contributed by atoms with Gasteiger partial charge in [0.05, 0.1) is 18.2 Å². The summed E-state index contributed by atoms with van der Waals surface area (Å²) in [7, 11) is 6.63. The molecule has 2 amide bonds. The number of benzene rings is 1. The highest BCUT2D eigenvalue weighted by molar-refractivity contribution is 6.24. The predicted octanol–water partition coefficient (Wildman–Crippen LogP) is -1.40. The Bertz CT molecular complexity index is 1360. The second kappa shape index (κ2) is 9.67. The van der Waals surface area contributed by atoms with Crippen LogP contribution >= 0.6 is 0 Å². The highest BCUT2D eigenvalue weighted by Gasteiger charge is 2.64. The third kappa shape index (κ3) is 4.13. The smallest absolute Gasteiger partial charge is 0.255 e. The minimum Gasteiger partial charge on any atom is -0.508 e. The Kier molecular flexibility index (Phi) is 6.96. The molecule has 1 saturated carbocycles. The number of hydrogen-bond acceptors (Lipinski definition) is 11. The minimum absolute atomic E-state index is 0.00130. The van der Waals surface area contributed by atoms with Gasteiger partial charge in [-0.15, -0.1) is 0 Å². The van der Waals surface area contributed by atoms with Gasteiger partial charge in [-0.1, -0.05) is 0 Å². The van der Waals surface area contributed by atoms with Crippen LogP contribution in [-0.2, 0) is 32.1 Å². The Hall–Kier alpha value is -3.94. The summed E-state index contributed by atoms with van der Waals surface area (Å²) in [5.74, 6) is -7.65. The zero-order valence-electron chi connectivity index (χ0n) is 22.1. The number of nitrogens with one attached hydrogen (secondary N) is 1. The van der Waals surface area contributed by atoms with E-state index in [1.807, 2.05) is 0 Å². The number of fused-ring (bicyclic) bond motifs is 3. The number of nitrogens with two attached hydrogens (primary N) is 2. The maximum Gasteiger partial charge on any atom is 0.255 e. The third-order valence-corrected chi connectivity index (χ3v) is 7.87. The van der Waals surface area contributed by atoms with Crippen molar-refractivity contribution in [2.45, 2.75) is 31.0 Å². The lowest BCUT2D eigenvalue weighted by atomic mass is 9.57. The van der Waals surface area contributed by atoms with E-state index in [2.05, 4.69) is 5.32 Å². The van der Waals surface area contributed by atoms with E-state index < -0.39 is 64.0 Å². The van der Waals surface area contributed by atoms with Crippen LogP contribution in [0.25, 0.3) is 5.76 Å². The zero-order valence-corrected chi connectivity index (χ0v) is 22.1. The summed E-state index contributed by atoms with van der Waals surface area (Å²) in [6.07, 6.45) is 0.173. The molecule has 0 spiro atoms. The number of nitrogens with zero attached hydrogens (tertiary/aromatic N) is 2. The van der Waals surface area contributed by atoms with Crippen molar-refractivity contribution < 1.29 is 39.6 Å². The molecule has 1 aromatic rings. The molecule has 13 nitrogen and oxygen atoms in total. The Labute approximate surface area is 224 Å². The van der Waals surface area contributed by atoms with E-state index in [0.29, 0.717) is 16.8 Å². The molecule has 3 aliphatic rings. The largest absolute Gasteiger partial charge is 0.508 e. The quantitative estimate of drug-likeness (QED) is 0.198. The van der Waals surface area contributed by atoms with E-state index in [1.165, 1.54) is 4.90 Å². The van der Waals surface area contributed by atoms with E-state index in [0.717, 1.165) is 0 Å². The molecule has 1 aromatic carbocycles. The number of carbonyl (C=O) groups is 4. The number of aromatic hydroxyl groups is 1. The maximum atomic E-state index is 14.0. The Morgan fingerprint density at radius 3 is 2.31 bits per heavy atom. The lowest BCUT2D eigenvalue weighted by Gasteiger charge is -2.50. The van der Waals surface area contributed by atoms with Crippen molar-refractivity contribution in [1.29, 1.82) is 0 Å². The summed E-state index contributed by atoms with van der Waals surface area (Å²) in [6.45, 7) is -0.136. The highest BCUT2D eigenvalue weighted by atomic mass is 16.3. The number of aliphatic hydroxyl groups is 3. The van der Waals surface area contributed by atoms with Gasteiger partial charge in [0.15, 0.2) is 11.4 Å². The normalized spacial score (nSPS) is 26.4. The first-order chi connectivity index (χ1) is 18.1. The molecular formula is C26H33N5O8. The molecule has 210 valence electrons. The monoisotopic (exact) mass is 543 g/mol. The first-order valence-corrected chi connectivity index (χ1v) is 12.3. The van der Waals surface area contributed by atoms with Gasteiger partial charge in [0.2, 0.25) is 11.7 Å². The second-order valence-corrected chi connectivity index (χ2v) is 10.7. The summed E-state index contributed by atoms with van der Waals surface area (Å²) >= 11 is 0. The van der Waals surface area contributed by atoms with Gasteiger partial charge in [0.1, 0.15) is 22.8 Å². The molecule has 2 unspecified atom stereocenters. The molecule has 0 radical (unpaired) electrons. The van der Waals surface area contributed by atoms with Crippen molar-refractivity contribution in [2.75, 3.05) is 39.6 Å². The lowest BCUT2D eigenvalue weighted by molar-refractivity contribution is -0.153. The molecule has 4 atom stereocenters. The van der Waals surface area contributed by atoms with Gasteiger partial charge in [0, 0.05) is 43.4 Å². The van der Waals surface area contributed by atoms with E-state index in [-0.39, 0.29) is 42.8 Å². The molecule has 0 saturated heterocycles. The number of phenols is 1. The summed E-state index contributed by atoms with van der Waals surface area (Å²) < 4.78 is 0. The summed E-state index contributed by atoms with van der Waals surface area (Å²) in [5, 5.41) is 48.0. The van der Waals surface area contributed by atoms with Gasteiger partial charge in [0.25, 0.3) is 5.91 Å². The number of rotatable bonds is 7. The molecule has 39 heavy (non-hydrogen) atoms. The average molecular weight is 544 g/mol. The minimum atomic E-state index is -2.70. The van der Waals surface area contributed by atoms with Gasteiger partial charge < -0.3 is 42.1 Å². The fourth-order valence-electron chi connectivity index (χ4n) is 6.20. The van der Waals surface area contributed by atoms with Crippen LogP contribution < -0.4 is 21.7 Å². The number of anilines is 1. The molecule has 4 rings (SSSR count). The molecule has 1 fully saturated rings. The molecule has 0 aromatic heterocycles. The Balaban J connectivity index is 1.94. The van der Waals surface area contributed by atoms with Gasteiger partial charge in [-0.25, -0.2) is 0 Å². The topological polar surface area (TPSA) is 220 Å². The molecule has 0 bridgehead atoms. The van der Waals surface area contributed by atoms with Crippen LogP contribution in [0.4, 0.5) is 5.69 Å². The number of Topliss-reactive ketones (excluding diaryl/α,β-unsaturated/α-hetero) is 2. The number of likely N-dealkylation sites (N-methyl/N-ethyl adjacent to an activating group) is 1. The molecular weight excluding hydrogens is 510 g/mol. The molecule has 0 aliphatic heterocycles. The average Bonchev–Trinajstić information content (AvgIpc) is 2.81. The number of aliphatic hydroxyl groups excluding tert-OH is 2. The van der Waals surface area contributed by atoms with Gasteiger partial charge in [-0.3, -0.25) is 24.1 Å². The van der Waals surface area contributed by atoms with Crippen molar-refractivity contribution in [3.63, 3.8) is 0 Å². The SMILES string of the molecule is CN(C)c1cc(CNCC(N)=O)c(O)c2c1CC1CC3[C@H](N(C)C)C(=O)C(C(N)=O)=C(O)[C@@]3(O)C(=O)C1=C2O. The molecule has 3 aliphatic carbocycles.